The molecule has 1 aromatic heterocycles. The minimum absolute atomic E-state index is 0.0404. The number of rotatable bonds is 10. The molecule has 3 aromatic rings. The van der Waals surface area contributed by atoms with Crippen molar-refractivity contribution in [2.45, 2.75) is 39.2 Å². The number of nitrogens with one attached hydrogen (secondary N) is 2. The van der Waals surface area contributed by atoms with Gasteiger partial charge in [-0.25, -0.2) is 0 Å². The normalized spacial score (nSPS) is 11.5. The van der Waals surface area contributed by atoms with Crippen LogP contribution in [0.25, 0.3) is 11.4 Å². The fraction of sp³-hybridized carbons (Fsp3) is 0.333. The van der Waals surface area contributed by atoms with Crippen LogP contribution in [0, 0.1) is 0 Å². The molecule has 9 heteroatoms. The molecule has 0 radical (unpaired) electrons. The molecule has 0 saturated carbocycles. The number of aromatic nitrogens is 2. The highest BCUT2D eigenvalue weighted by Gasteiger charge is 2.16. The highest BCUT2D eigenvalue weighted by atomic mass is 16.5. The summed E-state index contributed by atoms with van der Waals surface area (Å²) in [6.45, 7) is 3.92. The number of carbonyl (C=O) groups is 2. The molecular weight excluding hydrogens is 424 g/mol. The van der Waals surface area contributed by atoms with Crippen LogP contribution in [-0.4, -0.2) is 42.2 Å². The Hall–Kier alpha value is -3.88. The minimum atomic E-state index is -0.260. The van der Waals surface area contributed by atoms with E-state index in [4.69, 9.17) is 14.0 Å². The van der Waals surface area contributed by atoms with E-state index >= 15 is 0 Å². The number of amides is 2. The van der Waals surface area contributed by atoms with E-state index in [9.17, 15) is 9.59 Å². The molecule has 33 heavy (non-hydrogen) atoms. The zero-order valence-corrected chi connectivity index (χ0v) is 19.2. The average Bonchev–Trinajstić information content (AvgIpc) is 3.31. The van der Waals surface area contributed by atoms with E-state index in [-0.39, 0.29) is 30.7 Å². The molecular formula is C24H28N4O5. The van der Waals surface area contributed by atoms with Crippen LogP contribution in [0.2, 0.25) is 0 Å². The lowest BCUT2D eigenvalue weighted by Gasteiger charge is -2.14. The number of anilines is 1. The van der Waals surface area contributed by atoms with Crippen molar-refractivity contribution in [3.8, 4) is 22.9 Å². The largest absolute Gasteiger partial charge is 0.493 e. The van der Waals surface area contributed by atoms with Gasteiger partial charge in [0, 0.05) is 24.4 Å². The molecule has 0 spiro atoms. The number of hydrogen-bond donors (Lipinski definition) is 2. The quantitative estimate of drug-likeness (QED) is 0.480. The number of carbonyl (C=O) groups excluding carboxylic acids is 2. The molecule has 1 heterocycles. The molecule has 1 atom stereocenters. The summed E-state index contributed by atoms with van der Waals surface area (Å²) in [5.74, 6) is 1.38. The topological polar surface area (TPSA) is 116 Å². The van der Waals surface area contributed by atoms with Crippen LogP contribution in [-0.2, 0) is 11.2 Å². The number of methoxy groups -OCH3 is 2. The first-order valence-corrected chi connectivity index (χ1v) is 10.7. The summed E-state index contributed by atoms with van der Waals surface area (Å²) in [4.78, 5) is 29.4. The van der Waals surface area contributed by atoms with E-state index in [1.807, 2.05) is 13.8 Å². The third-order valence-electron chi connectivity index (χ3n) is 5.11. The summed E-state index contributed by atoms with van der Waals surface area (Å²) in [6.07, 6.45) is 1.19. The van der Waals surface area contributed by atoms with Gasteiger partial charge >= 0.3 is 0 Å². The van der Waals surface area contributed by atoms with Gasteiger partial charge in [0.15, 0.2) is 11.5 Å². The minimum Gasteiger partial charge on any atom is -0.493 e. The summed E-state index contributed by atoms with van der Waals surface area (Å²) in [7, 11) is 3.11. The molecule has 1 unspecified atom stereocenters. The number of aryl methyl sites for hydroxylation is 1. The van der Waals surface area contributed by atoms with Crippen LogP contribution < -0.4 is 20.1 Å². The third-order valence-corrected chi connectivity index (χ3v) is 5.11. The zero-order chi connectivity index (χ0) is 23.8. The predicted molar refractivity (Wildman–Crippen MR) is 123 cm³/mol. The van der Waals surface area contributed by atoms with Gasteiger partial charge < -0.3 is 24.6 Å². The SMILES string of the molecule is CCC(C)NC(=O)c1ccccc1NC(=O)CCc1nc(-c2ccc(OC)c(OC)c2)no1. The molecule has 174 valence electrons. The van der Waals surface area contributed by atoms with Crippen LogP contribution in [0.5, 0.6) is 11.5 Å². The number of para-hydroxylation sites is 1. The zero-order valence-electron chi connectivity index (χ0n) is 19.2. The number of hydrogen-bond acceptors (Lipinski definition) is 7. The Labute approximate surface area is 192 Å². The lowest BCUT2D eigenvalue weighted by Crippen LogP contribution is -2.32. The van der Waals surface area contributed by atoms with E-state index in [1.165, 1.54) is 0 Å². The first-order chi connectivity index (χ1) is 15.9. The summed E-state index contributed by atoms with van der Waals surface area (Å²) in [5.41, 5.74) is 1.58. The van der Waals surface area contributed by atoms with E-state index in [1.54, 1.807) is 56.7 Å². The first-order valence-electron chi connectivity index (χ1n) is 10.7. The molecule has 0 saturated heterocycles. The molecule has 9 nitrogen and oxygen atoms in total. The van der Waals surface area contributed by atoms with Gasteiger partial charge in [-0.05, 0) is 43.7 Å². The second-order valence-corrected chi connectivity index (χ2v) is 7.46. The summed E-state index contributed by atoms with van der Waals surface area (Å²) >= 11 is 0. The Morgan fingerprint density at radius 1 is 1.09 bits per heavy atom. The summed E-state index contributed by atoms with van der Waals surface area (Å²) in [5, 5.41) is 9.69. The van der Waals surface area contributed by atoms with Crippen molar-refractivity contribution in [1.82, 2.24) is 15.5 Å². The number of benzene rings is 2. The third kappa shape index (κ3) is 6.09. The second-order valence-electron chi connectivity index (χ2n) is 7.46. The maximum Gasteiger partial charge on any atom is 0.253 e. The van der Waals surface area contributed by atoms with Crippen molar-refractivity contribution < 1.29 is 23.6 Å². The molecule has 0 bridgehead atoms. The molecule has 0 fully saturated rings. The number of ether oxygens (including phenoxy) is 2. The van der Waals surface area contributed by atoms with Crippen molar-refractivity contribution in [2.75, 3.05) is 19.5 Å². The highest BCUT2D eigenvalue weighted by Crippen LogP contribution is 2.31. The van der Waals surface area contributed by atoms with E-state index in [0.29, 0.717) is 40.0 Å². The smallest absolute Gasteiger partial charge is 0.253 e. The van der Waals surface area contributed by atoms with Crippen molar-refractivity contribution in [1.29, 1.82) is 0 Å². The van der Waals surface area contributed by atoms with Gasteiger partial charge in [-0.3, -0.25) is 9.59 Å². The van der Waals surface area contributed by atoms with Crippen molar-refractivity contribution in [3.05, 3.63) is 53.9 Å². The van der Waals surface area contributed by atoms with Crippen LogP contribution in [0.4, 0.5) is 5.69 Å². The Kier molecular flexibility index (Phi) is 8.01. The highest BCUT2D eigenvalue weighted by molar-refractivity contribution is 6.03. The predicted octanol–water partition coefficient (Wildman–Crippen LogP) is 3.85. The van der Waals surface area contributed by atoms with Gasteiger partial charge in [-0.2, -0.15) is 4.98 Å². The van der Waals surface area contributed by atoms with Crippen molar-refractivity contribution in [3.63, 3.8) is 0 Å². The van der Waals surface area contributed by atoms with E-state index in [0.717, 1.165) is 6.42 Å². The Balaban J connectivity index is 1.62. The van der Waals surface area contributed by atoms with Crippen molar-refractivity contribution >= 4 is 17.5 Å². The summed E-state index contributed by atoms with van der Waals surface area (Å²) < 4.78 is 15.8. The summed E-state index contributed by atoms with van der Waals surface area (Å²) in [6, 6.07) is 12.3. The first kappa shape index (κ1) is 23.8. The molecule has 2 amide bonds. The standard InChI is InChI=1S/C24H28N4O5/c1-5-15(2)25-24(30)17-8-6-7-9-18(17)26-21(29)12-13-22-27-23(28-33-22)16-10-11-19(31-3)20(14-16)32-4/h6-11,14-15H,5,12-13H2,1-4H3,(H,25,30)(H,26,29). The van der Waals surface area contributed by atoms with Crippen LogP contribution in [0.15, 0.2) is 47.0 Å². The van der Waals surface area contributed by atoms with Gasteiger partial charge in [-0.15, -0.1) is 0 Å². The van der Waals surface area contributed by atoms with Gasteiger partial charge in [0.2, 0.25) is 17.6 Å². The lowest BCUT2D eigenvalue weighted by atomic mass is 10.1. The Morgan fingerprint density at radius 3 is 2.58 bits per heavy atom. The van der Waals surface area contributed by atoms with Gasteiger partial charge in [0.05, 0.1) is 25.5 Å². The Morgan fingerprint density at radius 2 is 1.85 bits per heavy atom. The van der Waals surface area contributed by atoms with Crippen LogP contribution in [0.3, 0.4) is 0 Å². The van der Waals surface area contributed by atoms with Gasteiger partial charge in [-0.1, -0.05) is 24.2 Å². The molecule has 0 aliphatic rings. The fourth-order valence-corrected chi connectivity index (χ4v) is 3.08. The van der Waals surface area contributed by atoms with Crippen molar-refractivity contribution in [2.24, 2.45) is 0 Å². The van der Waals surface area contributed by atoms with Gasteiger partial charge in [0.25, 0.3) is 5.91 Å². The monoisotopic (exact) mass is 452 g/mol. The molecule has 3 rings (SSSR count). The van der Waals surface area contributed by atoms with E-state index < -0.39 is 0 Å². The maximum absolute atomic E-state index is 12.5. The fourth-order valence-electron chi connectivity index (χ4n) is 3.08. The van der Waals surface area contributed by atoms with Gasteiger partial charge in [0.1, 0.15) is 0 Å². The molecule has 0 aliphatic heterocycles. The van der Waals surface area contributed by atoms with Crippen LogP contribution >= 0.6 is 0 Å². The molecule has 2 N–H and O–H groups in total. The average molecular weight is 453 g/mol. The van der Waals surface area contributed by atoms with Crippen LogP contribution in [0.1, 0.15) is 42.9 Å². The maximum atomic E-state index is 12.5. The molecule has 0 aliphatic carbocycles. The Bertz CT molecular complexity index is 1110. The molecule has 2 aromatic carbocycles. The van der Waals surface area contributed by atoms with E-state index in [2.05, 4.69) is 20.8 Å². The lowest BCUT2D eigenvalue weighted by molar-refractivity contribution is -0.116. The second kappa shape index (κ2) is 11.1. The number of nitrogens with zero attached hydrogens (tertiary/aromatic N) is 2.